The van der Waals surface area contributed by atoms with E-state index in [4.69, 9.17) is 4.74 Å². The summed E-state index contributed by atoms with van der Waals surface area (Å²) in [6, 6.07) is 3.32. The molecule has 1 aromatic rings. The molecule has 3 aliphatic carbocycles. The highest BCUT2D eigenvalue weighted by Crippen LogP contribution is 2.51. The van der Waals surface area contributed by atoms with Gasteiger partial charge in [-0.3, -0.25) is 0 Å². The Hall–Kier alpha value is -1.38. The van der Waals surface area contributed by atoms with Gasteiger partial charge >= 0.3 is 0 Å². The zero-order valence-corrected chi connectivity index (χ0v) is 17.1. The molecule has 0 aliphatic heterocycles. The van der Waals surface area contributed by atoms with Crippen LogP contribution in [0.1, 0.15) is 75.7 Å². The van der Waals surface area contributed by atoms with E-state index in [9.17, 15) is 8.78 Å². The Morgan fingerprint density at radius 2 is 1.43 bits per heavy atom. The molecule has 0 heterocycles. The molecule has 154 valence electrons. The van der Waals surface area contributed by atoms with Crippen molar-refractivity contribution in [1.29, 1.82) is 0 Å². The summed E-state index contributed by atoms with van der Waals surface area (Å²) in [5.41, 5.74) is 0.557. The van der Waals surface area contributed by atoms with Crippen LogP contribution < -0.4 is 4.74 Å². The maximum atomic E-state index is 14.6. The van der Waals surface area contributed by atoms with Crippen LogP contribution in [0.15, 0.2) is 24.8 Å². The van der Waals surface area contributed by atoms with Gasteiger partial charge in [-0.15, -0.1) is 6.58 Å². The fourth-order valence-corrected chi connectivity index (χ4v) is 6.51. The standard InChI is InChI=1S/C25H34F2O/c1-3-16-4-6-17(7-5-16)18-8-9-20-15-21(11-10-19(20)14-18)22-12-13-23(28-2)25(27)24(22)26/h3,12-13,16-21H,1,4-11,14-15H2,2H3. The molecule has 3 heteroatoms. The molecule has 3 fully saturated rings. The van der Waals surface area contributed by atoms with Gasteiger partial charge in [-0.2, -0.15) is 4.39 Å². The predicted octanol–water partition coefficient (Wildman–Crippen LogP) is 7.27. The lowest BCUT2D eigenvalue weighted by Crippen LogP contribution is -2.34. The lowest BCUT2D eigenvalue weighted by molar-refractivity contribution is 0.0743. The highest BCUT2D eigenvalue weighted by Gasteiger charge is 2.39. The monoisotopic (exact) mass is 388 g/mol. The Morgan fingerprint density at radius 1 is 0.821 bits per heavy atom. The van der Waals surface area contributed by atoms with Crippen molar-refractivity contribution in [3.63, 3.8) is 0 Å². The van der Waals surface area contributed by atoms with Crippen LogP contribution in [0, 0.1) is 41.2 Å². The topological polar surface area (TPSA) is 9.23 Å². The summed E-state index contributed by atoms with van der Waals surface area (Å²) < 4.78 is 33.6. The molecule has 0 N–H and O–H groups in total. The van der Waals surface area contributed by atoms with E-state index in [0.29, 0.717) is 11.5 Å². The highest BCUT2D eigenvalue weighted by molar-refractivity contribution is 5.33. The number of benzene rings is 1. The van der Waals surface area contributed by atoms with Gasteiger partial charge in [0, 0.05) is 0 Å². The highest BCUT2D eigenvalue weighted by atomic mass is 19.2. The number of rotatable bonds is 4. The summed E-state index contributed by atoms with van der Waals surface area (Å²) in [6.07, 6.45) is 14.7. The third kappa shape index (κ3) is 3.86. The molecule has 1 aromatic carbocycles. The quantitative estimate of drug-likeness (QED) is 0.493. The summed E-state index contributed by atoms with van der Waals surface area (Å²) >= 11 is 0. The van der Waals surface area contributed by atoms with Crippen molar-refractivity contribution in [3.05, 3.63) is 42.0 Å². The Labute approximate surface area is 168 Å². The van der Waals surface area contributed by atoms with Gasteiger partial charge in [0.15, 0.2) is 11.6 Å². The second kappa shape index (κ2) is 8.55. The second-order valence-corrected chi connectivity index (χ2v) is 9.50. The second-order valence-electron chi connectivity index (χ2n) is 9.50. The molecule has 4 atom stereocenters. The van der Waals surface area contributed by atoms with Crippen LogP contribution in [0.2, 0.25) is 0 Å². The van der Waals surface area contributed by atoms with Crippen molar-refractivity contribution >= 4 is 0 Å². The lowest BCUT2D eigenvalue weighted by Gasteiger charge is -2.45. The van der Waals surface area contributed by atoms with Crippen LogP contribution in [0.4, 0.5) is 8.78 Å². The van der Waals surface area contributed by atoms with Crippen molar-refractivity contribution in [3.8, 4) is 5.75 Å². The SMILES string of the molecule is C=CC1CCC(C2CCC3CC(c4ccc(OC)c(F)c4F)CCC3C2)CC1. The molecular weight excluding hydrogens is 354 g/mol. The number of hydrogen-bond donors (Lipinski definition) is 0. The first kappa shape index (κ1) is 19.9. The summed E-state index contributed by atoms with van der Waals surface area (Å²) in [5, 5.41) is 0. The van der Waals surface area contributed by atoms with Gasteiger partial charge in [-0.25, -0.2) is 4.39 Å². The Balaban J connectivity index is 1.37. The number of fused-ring (bicyclic) bond motifs is 1. The van der Waals surface area contributed by atoms with E-state index in [2.05, 4.69) is 12.7 Å². The van der Waals surface area contributed by atoms with E-state index < -0.39 is 11.6 Å². The van der Waals surface area contributed by atoms with Gasteiger partial charge in [0.2, 0.25) is 5.82 Å². The van der Waals surface area contributed by atoms with Gasteiger partial charge in [0.05, 0.1) is 7.11 Å². The number of ether oxygens (including phenoxy) is 1. The van der Waals surface area contributed by atoms with Crippen molar-refractivity contribution in [2.45, 2.75) is 70.1 Å². The van der Waals surface area contributed by atoms with Crippen LogP contribution in [-0.4, -0.2) is 7.11 Å². The smallest absolute Gasteiger partial charge is 0.200 e. The van der Waals surface area contributed by atoms with Crippen LogP contribution in [0.25, 0.3) is 0 Å². The minimum Gasteiger partial charge on any atom is -0.494 e. The van der Waals surface area contributed by atoms with Crippen LogP contribution in [-0.2, 0) is 0 Å². The summed E-state index contributed by atoms with van der Waals surface area (Å²) in [4.78, 5) is 0. The molecule has 4 rings (SSSR count). The summed E-state index contributed by atoms with van der Waals surface area (Å²) in [6.45, 7) is 3.97. The van der Waals surface area contributed by atoms with Gasteiger partial charge in [-0.1, -0.05) is 12.1 Å². The average Bonchev–Trinajstić information content (AvgIpc) is 2.75. The predicted molar refractivity (Wildman–Crippen MR) is 109 cm³/mol. The molecule has 0 spiro atoms. The van der Waals surface area contributed by atoms with Crippen LogP contribution in [0.5, 0.6) is 5.75 Å². The first-order chi connectivity index (χ1) is 13.6. The van der Waals surface area contributed by atoms with E-state index in [1.807, 2.05) is 0 Å². The first-order valence-electron chi connectivity index (χ1n) is 11.2. The van der Waals surface area contributed by atoms with Crippen molar-refractivity contribution in [2.75, 3.05) is 7.11 Å². The minimum absolute atomic E-state index is 0.00150. The summed E-state index contributed by atoms with van der Waals surface area (Å²) in [7, 11) is 1.38. The van der Waals surface area contributed by atoms with E-state index >= 15 is 0 Å². The first-order valence-corrected chi connectivity index (χ1v) is 11.2. The Bertz CT molecular complexity index is 692. The zero-order chi connectivity index (χ0) is 19.7. The maximum Gasteiger partial charge on any atom is 0.200 e. The maximum absolute atomic E-state index is 14.6. The molecule has 0 saturated heterocycles. The lowest BCUT2D eigenvalue weighted by atomic mass is 9.60. The number of methoxy groups -OCH3 is 1. The molecule has 28 heavy (non-hydrogen) atoms. The van der Waals surface area contributed by atoms with Gasteiger partial charge in [0.1, 0.15) is 0 Å². The average molecular weight is 389 g/mol. The third-order valence-electron chi connectivity index (χ3n) is 8.21. The molecule has 3 saturated carbocycles. The molecule has 4 unspecified atom stereocenters. The van der Waals surface area contributed by atoms with Gasteiger partial charge in [-0.05, 0) is 111 Å². The molecule has 0 radical (unpaired) electrons. The normalized spacial score (nSPS) is 35.8. The molecule has 0 amide bonds. The number of halogens is 2. The number of hydrogen-bond acceptors (Lipinski definition) is 1. The van der Waals surface area contributed by atoms with Crippen LogP contribution in [0.3, 0.4) is 0 Å². The molecule has 3 aliphatic rings. The molecule has 0 bridgehead atoms. The van der Waals surface area contributed by atoms with E-state index in [1.165, 1.54) is 58.5 Å². The molecule has 0 aromatic heterocycles. The van der Waals surface area contributed by atoms with E-state index in [1.54, 1.807) is 12.1 Å². The van der Waals surface area contributed by atoms with Crippen LogP contribution >= 0.6 is 0 Å². The summed E-state index contributed by atoms with van der Waals surface area (Å²) in [5.74, 6) is 2.63. The Kier molecular flexibility index (Phi) is 6.08. The largest absolute Gasteiger partial charge is 0.494 e. The Morgan fingerprint density at radius 3 is 2.11 bits per heavy atom. The van der Waals surface area contributed by atoms with Crippen molar-refractivity contribution in [2.24, 2.45) is 29.6 Å². The zero-order valence-electron chi connectivity index (χ0n) is 17.1. The van der Waals surface area contributed by atoms with E-state index in [0.717, 1.165) is 36.5 Å². The molecule has 1 nitrogen and oxygen atoms in total. The fourth-order valence-electron chi connectivity index (χ4n) is 6.51. The van der Waals surface area contributed by atoms with Gasteiger partial charge < -0.3 is 4.74 Å². The number of allylic oxidation sites excluding steroid dienone is 1. The fraction of sp³-hybridized carbons (Fsp3) is 0.680. The van der Waals surface area contributed by atoms with E-state index in [-0.39, 0.29) is 11.7 Å². The third-order valence-corrected chi connectivity index (χ3v) is 8.21. The van der Waals surface area contributed by atoms with Crippen molar-refractivity contribution < 1.29 is 13.5 Å². The molecular formula is C25H34F2O. The van der Waals surface area contributed by atoms with Crippen molar-refractivity contribution in [1.82, 2.24) is 0 Å². The van der Waals surface area contributed by atoms with Gasteiger partial charge in [0.25, 0.3) is 0 Å². The minimum atomic E-state index is -0.832.